The van der Waals surface area contributed by atoms with Crippen LogP contribution in [-0.4, -0.2) is 58.4 Å². The number of aromatic nitrogens is 2. The molecule has 6 nitrogen and oxygen atoms in total. The van der Waals surface area contributed by atoms with Crippen LogP contribution in [0.1, 0.15) is 10.4 Å². The van der Waals surface area contributed by atoms with E-state index in [2.05, 4.69) is 14.5 Å². The summed E-state index contributed by atoms with van der Waals surface area (Å²) < 4.78 is 7.39. The van der Waals surface area contributed by atoms with Gasteiger partial charge in [0.1, 0.15) is 5.65 Å². The first-order chi connectivity index (χ1) is 9.74. The highest BCUT2D eigenvalue weighted by Gasteiger charge is 2.11. The van der Waals surface area contributed by atoms with Crippen molar-refractivity contribution in [3.63, 3.8) is 0 Å². The number of carboxylic acids is 1. The van der Waals surface area contributed by atoms with Gasteiger partial charge in [0.15, 0.2) is 0 Å². The van der Waals surface area contributed by atoms with Gasteiger partial charge in [-0.15, -0.1) is 0 Å². The fourth-order valence-electron chi connectivity index (χ4n) is 2.45. The Morgan fingerprint density at radius 2 is 2.15 bits per heavy atom. The van der Waals surface area contributed by atoms with E-state index in [1.165, 1.54) is 6.20 Å². The molecule has 0 saturated carbocycles. The van der Waals surface area contributed by atoms with E-state index >= 15 is 0 Å². The zero-order valence-corrected chi connectivity index (χ0v) is 11.2. The monoisotopic (exact) mass is 275 g/mol. The van der Waals surface area contributed by atoms with Crippen LogP contribution < -0.4 is 0 Å². The smallest absolute Gasteiger partial charge is 0.337 e. The number of rotatable bonds is 4. The van der Waals surface area contributed by atoms with Crippen LogP contribution in [0.3, 0.4) is 0 Å². The molecule has 3 heterocycles. The minimum Gasteiger partial charge on any atom is -0.478 e. The number of hydrogen-bond acceptors (Lipinski definition) is 4. The second kappa shape index (κ2) is 5.60. The van der Waals surface area contributed by atoms with Crippen molar-refractivity contribution in [3.8, 4) is 0 Å². The molecule has 1 saturated heterocycles. The van der Waals surface area contributed by atoms with Crippen molar-refractivity contribution in [1.29, 1.82) is 0 Å². The lowest BCUT2D eigenvalue weighted by atomic mass is 10.2. The molecule has 0 aromatic carbocycles. The first-order valence-corrected chi connectivity index (χ1v) is 6.72. The highest BCUT2D eigenvalue weighted by Crippen LogP contribution is 2.15. The molecule has 1 fully saturated rings. The number of ether oxygens (including phenoxy) is 1. The lowest BCUT2D eigenvalue weighted by Gasteiger charge is -2.26. The predicted octanol–water partition coefficient (Wildman–Crippen LogP) is 1.07. The predicted molar refractivity (Wildman–Crippen MR) is 74.0 cm³/mol. The Morgan fingerprint density at radius 1 is 1.35 bits per heavy atom. The Kier molecular flexibility index (Phi) is 3.66. The lowest BCUT2D eigenvalue weighted by Crippen LogP contribution is -2.38. The van der Waals surface area contributed by atoms with Gasteiger partial charge in [0.05, 0.1) is 18.8 Å². The molecule has 106 valence electrons. The van der Waals surface area contributed by atoms with Crippen LogP contribution in [0.15, 0.2) is 24.5 Å². The van der Waals surface area contributed by atoms with Crippen molar-refractivity contribution in [3.05, 3.63) is 30.1 Å². The van der Waals surface area contributed by atoms with Crippen LogP contribution in [0.2, 0.25) is 0 Å². The van der Waals surface area contributed by atoms with Gasteiger partial charge in [-0.05, 0) is 12.1 Å². The summed E-state index contributed by atoms with van der Waals surface area (Å²) >= 11 is 0. The number of pyridine rings is 1. The number of fused-ring (bicyclic) bond motifs is 1. The molecule has 0 spiro atoms. The van der Waals surface area contributed by atoms with Crippen molar-refractivity contribution in [2.45, 2.75) is 6.54 Å². The van der Waals surface area contributed by atoms with Gasteiger partial charge < -0.3 is 14.4 Å². The standard InChI is InChI=1S/C14H17N3O3/c18-14(19)12-9-11-1-2-17(13(11)15-10-12)4-3-16-5-7-20-8-6-16/h1-2,9-10H,3-8H2,(H,18,19). The number of hydrogen-bond donors (Lipinski definition) is 1. The first kappa shape index (κ1) is 13.1. The second-order valence-electron chi connectivity index (χ2n) is 4.91. The summed E-state index contributed by atoms with van der Waals surface area (Å²) in [5.74, 6) is -0.944. The summed E-state index contributed by atoms with van der Waals surface area (Å²) in [6, 6.07) is 3.57. The molecule has 1 aliphatic heterocycles. The summed E-state index contributed by atoms with van der Waals surface area (Å²) in [6.45, 7) is 5.34. The van der Waals surface area contributed by atoms with Gasteiger partial charge >= 0.3 is 5.97 Å². The molecule has 0 aliphatic carbocycles. The fourth-order valence-corrected chi connectivity index (χ4v) is 2.45. The van der Waals surface area contributed by atoms with Crippen LogP contribution >= 0.6 is 0 Å². The zero-order valence-electron chi connectivity index (χ0n) is 11.2. The molecule has 0 bridgehead atoms. The Hall–Kier alpha value is -1.92. The van der Waals surface area contributed by atoms with Crippen LogP contribution in [0.4, 0.5) is 0 Å². The second-order valence-corrected chi connectivity index (χ2v) is 4.91. The highest BCUT2D eigenvalue weighted by molar-refractivity contribution is 5.91. The Bertz CT molecular complexity index is 617. The third-order valence-electron chi connectivity index (χ3n) is 3.61. The van der Waals surface area contributed by atoms with Crippen molar-refractivity contribution in [2.24, 2.45) is 0 Å². The van der Waals surface area contributed by atoms with Gasteiger partial charge in [-0.3, -0.25) is 4.90 Å². The molecule has 3 rings (SSSR count). The van der Waals surface area contributed by atoms with Crippen LogP contribution in [0.25, 0.3) is 11.0 Å². The van der Waals surface area contributed by atoms with E-state index in [-0.39, 0.29) is 5.56 Å². The molecule has 6 heteroatoms. The van der Waals surface area contributed by atoms with Crippen molar-refractivity contribution < 1.29 is 14.6 Å². The van der Waals surface area contributed by atoms with Gasteiger partial charge in [-0.1, -0.05) is 0 Å². The number of morpholine rings is 1. The SMILES string of the molecule is O=C(O)c1cnc2c(ccn2CCN2CCOCC2)c1. The van der Waals surface area contributed by atoms with E-state index in [1.807, 2.05) is 12.3 Å². The first-order valence-electron chi connectivity index (χ1n) is 6.72. The van der Waals surface area contributed by atoms with Crippen LogP contribution in [-0.2, 0) is 11.3 Å². The van der Waals surface area contributed by atoms with Crippen molar-refractivity contribution >= 4 is 17.0 Å². The molecule has 0 unspecified atom stereocenters. The topological polar surface area (TPSA) is 67.6 Å². The van der Waals surface area contributed by atoms with Crippen LogP contribution in [0, 0.1) is 0 Å². The van der Waals surface area contributed by atoms with Gasteiger partial charge in [0.25, 0.3) is 0 Å². The number of nitrogens with zero attached hydrogens (tertiary/aromatic N) is 3. The Morgan fingerprint density at radius 3 is 2.90 bits per heavy atom. The summed E-state index contributed by atoms with van der Waals surface area (Å²) in [6.07, 6.45) is 3.37. The van der Waals surface area contributed by atoms with Gasteiger partial charge in [0, 0.05) is 44.0 Å². The third-order valence-corrected chi connectivity index (χ3v) is 3.61. The van der Waals surface area contributed by atoms with Gasteiger partial charge in [0.2, 0.25) is 0 Å². The molecule has 20 heavy (non-hydrogen) atoms. The fraction of sp³-hybridized carbons (Fsp3) is 0.429. The quantitative estimate of drug-likeness (QED) is 0.904. The van der Waals surface area contributed by atoms with Gasteiger partial charge in [-0.25, -0.2) is 9.78 Å². The molecule has 0 amide bonds. The largest absolute Gasteiger partial charge is 0.478 e. The third kappa shape index (κ3) is 2.66. The summed E-state index contributed by atoms with van der Waals surface area (Å²) in [5, 5.41) is 9.83. The molecular formula is C14H17N3O3. The number of aromatic carboxylic acids is 1. The van der Waals surface area contributed by atoms with E-state index in [0.29, 0.717) is 0 Å². The van der Waals surface area contributed by atoms with Crippen molar-refractivity contribution in [1.82, 2.24) is 14.5 Å². The zero-order chi connectivity index (χ0) is 13.9. The average molecular weight is 275 g/mol. The highest BCUT2D eigenvalue weighted by atomic mass is 16.5. The van der Waals surface area contributed by atoms with E-state index in [4.69, 9.17) is 9.84 Å². The molecule has 0 atom stereocenters. The summed E-state index contributed by atoms with van der Waals surface area (Å²) in [5.41, 5.74) is 1.06. The molecule has 0 radical (unpaired) electrons. The van der Waals surface area contributed by atoms with Crippen molar-refractivity contribution in [2.75, 3.05) is 32.8 Å². The maximum absolute atomic E-state index is 10.9. The van der Waals surface area contributed by atoms with E-state index in [1.54, 1.807) is 6.07 Å². The minimum atomic E-state index is -0.944. The maximum Gasteiger partial charge on any atom is 0.337 e. The molecule has 2 aromatic heterocycles. The molecule has 1 aliphatic rings. The lowest BCUT2D eigenvalue weighted by molar-refractivity contribution is 0.0365. The molecule has 2 aromatic rings. The Balaban J connectivity index is 1.73. The summed E-state index contributed by atoms with van der Waals surface area (Å²) in [7, 11) is 0. The number of carboxylic acid groups (broad SMARTS) is 1. The minimum absolute atomic E-state index is 0.225. The normalized spacial score (nSPS) is 16.6. The van der Waals surface area contributed by atoms with E-state index in [9.17, 15) is 4.79 Å². The molecule has 1 N–H and O–H groups in total. The van der Waals surface area contributed by atoms with Gasteiger partial charge in [-0.2, -0.15) is 0 Å². The number of carbonyl (C=O) groups is 1. The van der Waals surface area contributed by atoms with Crippen LogP contribution in [0.5, 0.6) is 0 Å². The average Bonchev–Trinajstić information content (AvgIpc) is 2.88. The van der Waals surface area contributed by atoms with E-state index in [0.717, 1.165) is 50.4 Å². The Labute approximate surface area is 116 Å². The molecular weight excluding hydrogens is 258 g/mol. The maximum atomic E-state index is 10.9. The van der Waals surface area contributed by atoms with E-state index < -0.39 is 5.97 Å². The summed E-state index contributed by atoms with van der Waals surface area (Å²) in [4.78, 5) is 17.5.